The number of H-pyrrole nitrogens is 1. The number of aryl methyl sites for hydroxylation is 1. The molecular weight excluding hydrogens is 406 g/mol. The largest absolute Gasteiger partial charge is 0.497 e. The number of amides is 1. The van der Waals surface area contributed by atoms with Crippen LogP contribution in [0.1, 0.15) is 33.0 Å². The van der Waals surface area contributed by atoms with Gasteiger partial charge in [-0.3, -0.25) is 14.9 Å². The van der Waals surface area contributed by atoms with Gasteiger partial charge in [-0.1, -0.05) is 30.3 Å². The van der Waals surface area contributed by atoms with Gasteiger partial charge < -0.3 is 15.0 Å². The van der Waals surface area contributed by atoms with Gasteiger partial charge in [0.25, 0.3) is 11.6 Å². The molecular formula is C25H23N3O4. The zero-order chi connectivity index (χ0) is 22.7. The maximum Gasteiger partial charge on any atom is 0.272 e. The highest BCUT2D eigenvalue weighted by Crippen LogP contribution is 2.31. The quantitative estimate of drug-likeness (QED) is 0.321. The number of carbonyl (C=O) groups excluding carboxylic acids is 1. The Morgan fingerprint density at radius 3 is 2.56 bits per heavy atom. The summed E-state index contributed by atoms with van der Waals surface area (Å²) in [7, 11) is 1.62. The van der Waals surface area contributed by atoms with Gasteiger partial charge in [-0.2, -0.15) is 0 Å². The number of nitro groups is 1. The maximum atomic E-state index is 12.8. The van der Waals surface area contributed by atoms with E-state index in [-0.39, 0.29) is 17.5 Å². The minimum atomic E-state index is -0.451. The number of para-hydroxylation sites is 1. The van der Waals surface area contributed by atoms with Crippen molar-refractivity contribution in [3.05, 3.63) is 105 Å². The molecule has 0 saturated heterocycles. The topological polar surface area (TPSA) is 97.3 Å². The molecule has 1 aromatic heterocycles. The van der Waals surface area contributed by atoms with Crippen LogP contribution < -0.4 is 10.1 Å². The van der Waals surface area contributed by atoms with Gasteiger partial charge in [-0.25, -0.2) is 0 Å². The van der Waals surface area contributed by atoms with E-state index in [1.54, 1.807) is 20.1 Å². The minimum absolute atomic E-state index is 0.00329. The van der Waals surface area contributed by atoms with E-state index in [4.69, 9.17) is 4.74 Å². The molecule has 3 aromatic carbocycles. The van der Waals surface area contributed by atoms with E-state index in [9.17, 15) is 14.9 Å². The third-order valence-corrected chi connectivity index (χ3v) is 5.64. The van der Waals surface area contributed by atoms with Crippen molar-refractivity contribution in [3.63, 3.8) is 0 Å². The number of nitrogens with zero attached hydrogens (tertiary/aromatic N) is 1. The lowest BCUT2D eigenvalue weighted by atomic mass is 9.90. The lowest BCUT2D eigenvalue weighted by Gasteiger charge is -2.19. The number of fused-ring (bicyclic) bond motifs is 1. The Kier molecular flexibility index (Phi) is 5.89. The predicted molar refractivity (Wildman–Crippen MR) is 123 cm³/mol. The zero-order valence-electron chi connectivity index (χ0n) is 17.8. The lowest BCUT2D eigenvalue weighted by molar-refractivity contribution is -0.385. The number of carbonyl (C=O) groups is 1. The van der Waals surface area contributed by atoms with Gasteiger partial charge in [0.2, 0.25) is 0 Å². The van der Waals surface area contributed by atoms with Gasteiger partial charge in [0.05, 0.1) is 12.0 Å². The smallest absolute Gasteiger partial charge is 0.272 e. The summed E-state index contributed by atoms with van der Waals surface area (Å²) in [4.78, 5) is 26.7. The first-order chi connectivity index (χ1) is 15.5. The lowest BCUT2D eigenvalue weighted by Crippen LogP contribution is -2.29. The number of hydrogen-bond acceptors (Lipinski definition) is 4. The van der Waals surface area contributed by atoms with Gasteiger partial charge in [-0.05, 0) is 48.4 Å². The molecule has 0 aliphatic heterocycles. The summed E-state index contributed by atoms with van der Waals surface area (Å²) in [6.07, 6.45) is 1.97. The van der Waals surface area contributed by atoms with Crippen LogP contribution in [0.3, 0.4) is 0 Å². The number of ether oxygens (including phenoxy) is 1. The average Bonchev–Trinajstić information content (AvgIpc) is 3.23. The van der Waals surface area contributed by atoms with E-state index < -0.39 is 4.92 Å². The molecule has 0 aliphatic carbocycles. The normalized spacial score (nSPS) is 11.8. The Balaban J connectivity index is 1.63. The van der Waals surface area contributed by atoms with Crippen LogP contribution in [0.15, 0.2) is 72.9 Å². The summed E-state index contributed by atoms with van der Waals surface area (Å²) in [5.41, 5.74) is 3.97. The Labute approximate surface area is 185 Å². The molecule has 162 valence electrons. The fourth-order valence-corrected chi connectivity index (χ4v) is 3.92. The van der Waals surface area contributed by atoms with Crippen molar-refractivity contribution < 1.29 is 14.5 Å². The number of nitro benzene ring substituents is 1. The summed E-state index contributed by atoms with van der Waals surface area (Å²) in [6, 6.07) is 20.2. The number of rotatable bonds is 7. The Bertz CT molecular complexity index is 1280. The third kappa shape index (κ3) is 4.18. The van der Waals surface area contributed by atoms with Crippen molar-refractivity contribution in [2.75, 3.05) is 13.7 Å². The molecule has 1 atom stereocenters. The molecule has 0 bridgehead atoms. The molecule has 1 unspecified atom stereocenters. The zero-order valence-corrected chi connectivity index (χ0v) is 17.8. The van der Waals surface area contributed by atoms with Crippen molar-refractivity contribution >= 4 is 22.5 Å². The van der Waals surface area contributed by atoms with Gasteiger partial charge in [0, 0.05) is 46.8 Å². The summed E-state index contributed by atoms with van der Waals surface area (Å²) in [5, 5.41) is 15.1. The van der Waals surface area contributed by atoms with Crippen LogP contribution in [-0.2, 0) is 0 Å². The maximum absolute atomic E-state index is 12.8. The summed E-state index contributed by atoms with van der Waals surface area (Å²) >= 11 is 0. The number of hydrogen-bond donors (Lipinski definition) is 2. The van der Waals surface area contributed by atoms with Gasteiger partial charge >= 0.3 is 0 Å². The van der Waals surface area contributed by atoms with E-state index in [1.165, 1.54) is 12.1 Å². The van der Waals surface area contributed by atoms with Gasteiger partial charge in [0.15, 0.2) is 0 Å². The highest BCUT2D eigenvalue weighted by molar-refractivity contribution is 5.95. The average molecular weight is 429 g/mol. The number of aromatic nitrogens is 1. The van der Waals surface area contributed by atoms with Crippen molar-refractivity contribution in [3.8, 4) is 5.75 Å². The molecule has 0 aliphatic rings. The Morgan fingerprint density at radius 1 is 1.12 bits per heavy atom. The van der Waals surface area contributed by atoms with E-state index in [1.807, 2.05) is 48.7 Å². The second-order valence-electron chi connectivity index (χ2n) is 7.58. The molecule has 2 N–H and O–H groups in total. The first-order valence-corrected chi connectivity index (χ1v) is 10.2. The third-order valence-electron chi connectivity index (χ3n) is 5.64. The monoisotopic (exact) mass is 429 g/mol. The highest BCUT2D eigenvalue weighted by Gasteiger charge is 2.20. The van der Waals surface area contributed by atoms with E-state index >= 15 is 0 Å². The minimum Gasteiger partial charge on any atom is -0.497 e. The molecule has 0 saturated carbocycles. The van der Waals surface area contributed by atoms with Crippen molar-refractivity contribution in [2.24, 2.45) is 0 Å². The van der Waals surface area contributed by atoms with E-state index in [0.717, 1.165) is 27.8 Å². The molecule has 7 nitrogen and oxygen atoms in total. The van der Waals surface area contributed by atoms with Crippen molar-refractivity contribution in [1.82, 2.24) is 10.3 Å². The summed E-state index contributed by atoms with van der Waals surface area (Å²) in [6.45, 7) is 1.99. The first kappa shape index (κ1) is 21.1. The fraction of sp³-hybridized carbons (Fsp3) is 0.160. The highest BCUT2D eigenvalue weighted by atomic mass is 16.6. The van der Waals surface area contributed by atoms with Gasteiger partial charge in [0.1, 0.15) is 5.75 Å². The number of nitrogens with one attached hydrogen (secondary N) is 2. The first-order valence-electron chi connectivity index (χ1n) is 10.2. The molecule has 0 fully saturated rings. The van der Waals surface area contributed by atoms with Crippen LogP contribution in [0.2, 0.25) is 0 Å². The Hall–Kier alpha value is -4.13. The van der Waals surface area contributed by atoms with Crippen LogP contribution >= 0.6 is 0 Å². The molecule has 4 rings (SSSR count). The van der Waals surface area contributed by atoms with Crippen LogP contribution in [0.5, 0.6) is 5.75 Å². The fourth-order valence-electron chi connectivity index (χ4n) is 3.92. The van der Waals surface area contributed by atoms with Crippen LogP contribution in [0.25, 0.3) is 10.9 Å². The standard InChI is InChI=1S/C25H23N3O4/c1-16-13-18(9-12-24(16)28(30)31)25(29)27-14-21(17-7-10-19(32-2)11-8-17)22-15-26-23-6-4-3-5-20(22)23/h3-13,15,21,26H,14H2,1-2H3,(H,27,29). The van der Waals surface area contributed by atoms with E-state index in [2.05, 4.69) is 16.4 Å². The number of aromatic amines is 1. The second kappa shape index (κ2) is 8.93. The van der Waals surface area contributed by atoms with Crippen LogP contribution in [-0.4, -0.2) is 29.5 Å². The second-order valence-corrected chi connectivity index (χ2v) is 7.58. The molecule has 1 heterocycles. The SMILES string of the molecule is COc1ccc(C(CNC(=O)c2ccc([N+](=O)[O-])c(C)c2)c2c[nH]c3ccccc23)cc1. The summed E-state index contributed by atoms with van der Waals surface area (Å²) < 4.78 is 5.28. The molecule has 0 radical (unpaired) electrons. The molecule has 32 heavy (non-hydrogen) atoms. The molecule has 4 aromatic rings. The van der Waals surface area contributed by atoms with Crippen LogP contribution in [0, 0.1) is 17.0 Å². The van der Waals surface area contributed by atoms with E-state index in [0.29, 0.717) is 17.7 Å². The van der Waals surface area contributed by atoms with Crippen molar-refractivity contribution in [1.29, 1.82) is 0 Å². The molecule has 0 spiro atoms. The number of benzene rings is 3. The van der Waals surface area contributed by atoms with Crippen molar-refractivity contribution in [2.45, 2.75) is 12.8 Å². The molecule has 1 amide bonds. The predicted octanol–water partition coefficient (Wildman–Crippen LogP) is 4.96. The number of methoxy groups -OCH3 is 1. The van der Waals surface area contributed by atoms with Gasteiger partial charge in [-0.15, -0.1) is 0 Å². The van der Waals surface area contributed by atoms with Crippen LogP contribution in [0.4, 0.5) is 5.69 Å². The summed E-state index contributed by atoms with van der Waals surface area (Å²) in [5.74, 6) is 0.387. The Morgan fingerprint density at radius 2 is 1.88 bits per heavy atom. The molecule has 7 heteroatoms.